The minimum absolute atomic E-state index is 0.228. The van der Waals surface area contributed by atoms with Crippen molar-refractivity contribution < 1.29 is 22.7 Å². The number of para-hydroxylation sites is 1. The number of sulfonamides is 1. The van der Waals surface area contributed by atoms with Crippen molar-refractivity contribution in [3.8, 4) is 11.5 Å². The maximum atomic E-state index is 13.0. The van der Waals surface area contributed by atoms with Crippen LogP contribution in [0, 0.1) is 13.8 Å². The van der Waals surface area contributed by atoms with E-state index in [-0.39, 0.29) is 4.90 Å². The Labute approximate surface area is 182 Å². The van der Waals surface area contributed by atoms with Gasteiger partial charge in [-0.05, 0) is 73.0 Å². The smallest absolute Gasteiger partial charge is 0.353 e. The van der Waals surface area contributed by atoms with Crippen LogP contribution in [0.5, 0.6) is 11.5 Å². The zero-order valence-electron chi connectivity index (χ0n) is 17.5. The van der Waals surface area contributed by atoms with E-state index in [4.69, 9.17) is 9.47 Å². The molecule has 1 heterocycles. The summed E-state index contributed by atoms with van der Waals surface area (Å²) < 4.78 is 38.2. The van der Waals surface area contributed by atoms with Crippen molar-refractivity contribution in [2.45, 2.75) is 31.3 Å². The lowest BCUT2D eigenvalue weighted by molar-refractivity contribution is -0.141. The Morgan fingerprint density at radius 1 is 1.00 bits per heavy atom. The SMILES string of the molecule is Cc1ccc(S(=O)(=O)N(C)c2ccc(OC(=O)C3Cc4ccccc4O3)cc2)cc1C. The lowest BCUT2D eigenvalue weighted by Gasteiger charge is -2.20. The Morgan fingerprint density at radius 2 is 1.71 bits per heavy atom. The van der Waals surface area contributed by atoms with E-state index in [1.807, 2.05) is 38.1 Å². The predicted octanol–water partition coefficient (Wildman–Crippen LogP) is 4.04. The van der Waals surface area contributed by atoms with Gasteiger partial charge < -0.3 is 9.47 Å². The highest BCUT2D eigenvalue weighted by atomic mass is 32.2. The van der Waals surface area contributed by atoms with E-state index in [1.54, 1.807) is 42.5 Å². The quantitative estimate of drug-likeness (QED) is 0.445. The van der Waals surface area contributed by atoms with Gasteiger partial charge in [0.25, 0.3) is 10.0 Å². The molecule has 7 heteroatoms. The topological polar surface area (TPSA) is 72.9 Å². The van der Waals surface area contributed by atoms with Gasteiger partial charge in [-0.15, -0.1) is 0 Å². The summed E-state index contributed by atoms with van der Waals surface area (Å²) in [5.74, 6) is 0.531. The second-order valence-corrected chi connectivity index (χ2v) is 9.52. The van der Waals surface area contributed by atoms with Gasteiger partial charge >= 0.3 is 5.97 Å². The van der Waals surface area contributed by atoms with Crippen LogP contribution in [0.15, 0.2) is 71.6 Å². The lowest BCUT2D eigenvalue weighted by atomic mass is 10.1. The first-order valence-electron chi connectivity index (χ1n) is 9.88. The average Bonchev–Trinajstić information content (AvgIpc) is 3.20. The van der Waals surface area contributed by atoms with E-state index in [2.05, 4.69) is 0 Å². The number of fused-ring (bicyclic) bond motifs is 1. The van der Waals surface area contributed by atoms with Crippen LogP contribution in [-0.2, 0) is 21.2 Å². The maximum Gasteiger partial charge on any atom is 0.353 e. The number of anilines is 1. The van der Waals surface area contributed by atoms with Crippen LogP contribution in [0.4, 0.5) is 5.69 Å². The summed E-state index contributed by atoms with van der Waals surface area (Å²) in [6.07, 6.45) is -0.228. The van der Waals surface area contributed by atoms with E-state index >= 15 is 0 Å². The summed E-state index contributed by atoms with van der Waals surface area (Å²) in [6, 6.07) is 18.9. The molecule has 0 N–H and O–H groups in total. The number of nitrogens with zero attached hydrogens (tertiary/aromatic N) is 1. The van der Waals surface area contributed by atoms with Gasteiger partial charge in [-0.25, -0.2) is 13.2 Å². The van der Waals surface area contributed by atoms with Crippen LogP contribution in [0.1, 0.15) is 16.7 Å². The highest BCUT2D eigenvalue weighted by Crippen LogP contribution is 2.30. The van der Waals surface area contributed by atoms with E-state index in [0.717, 1.165) is 16.7 Å². The Morgan fingerprint density at radius 3 is 2.39 bits per heavy atom. The summed E-state index contributed by atoms with van der Waals surface area (Å²) in [5.41, 5.74) is 3.37. The van der Waals surface area contributed by atoms with Gasteiger partial charge in [-0.1, -0.05) is 24.3 Å². The van der Waals surface area contributed by atoms with Crippen molar-refractivity contribution in [3.05, 3.63) is 83.4 Å². The number of hydrogen-bond acceptors (Lipinski definition) is 5. The van der Waals surface area contributed by atoms with Crippen LogP contribution in [0.25, 0.3) is 0 Å². The van der Waals surface area contributed by atoms with Crippen LogP contribution < -0.4 is 13.8 Å². The molecule has 1 aliphatic heterocycles. The molecule has 0 aromatic heterocycles. The lowest BCUT2D eigenvalue weighted by Crippen LogP contribution is -2.29. The fraction of sp³-hybridized carbons (Fsp3) is 0.208. The molecule has 0 saturated carbocycles. The summed E-state index contributed by atoms with van der Waals surface area (Å²) in [4.78, 5) is 12.7. The molecule has 0 radical (unpaired) electrons. The monoisotopic (exact) mass is 437 g/mol. The van der Waals surface area contributed by atoms with Crippen LogP contribution in [-0.4, -0.2) is 27.5 Å². The molecule has 4 rings (SSSR count). The summed E-state index contributed by atoms with van der Waals surface area (Å²) in [6.45, 7) is 3.81. The van der Waals surface area contributed by atoms with Crippen molar-refractivity contribution in [2.75, 3.05) is 11.4 Å². The largest absolute Gasteiger partial charge is 0.478 e. The molecule has 1 aliphatic rings. The van der Waals surface area contributed by atoms with Crippen molar-refractivity contribution in [2.24, 2.45) is 0 Å². The van der Waals surface area contributed by atoms with E-state index in [1.165, 1.54) is 11.4 Å². The molecule has 0 aliphatic carbocycles. The number of aryl methyl sites for hydroxylation is 2. The molecular weight excluding hydrogens is 414 g/mol. The maximum absolute atomic E-state index is 13.0. The minimum atomic E-state index is -3.71. The molecule has 3 aromatic rings. The van der Waals surface area contributed by atoms with Gasteiger partial charge in [-0.2, -0.15) is 0 Å². The second-order valence-electron chi connectivity index (χ2n) is 7.55. The third kappa shape index (κ3) is 4.14. The average molecular weight is 438 g/mol. The Balaban J connectivity index is 1.45. The molecule has 6 nitrogen and oxygen atoms in total. The van der Waals surface area contributed by atoms with Crippen molar-refractivity contribution in [1.29, 1.82) is 0 Å². The first-order valence-corrected chi connectivity index (χ1v) is 11.3. The Bertz CT molecular complexity index is 1210. The zero-order chi connectivity index (χ0) is 22.2. The number of ether oxygens (including phenoxy) is 2. The standard InChI is InChI=1S/C24H23NO5S/c1-16-8-13-21(14-17(16)2)31(27,28)25(3)19-9-11-20(12-10-19)29-24(26)23-15-18-6-4-5-7-22(18)30-23/h4-14,23H,15H2,1-3H3. The number of benzene rings is 3. The van der Waals surface area contributed by atoms with Crippen LogP contribution in [0.2, 0.25) is 0 Å². The third-order valence-electron chi connectivity index (χ3n) is 5.47. The first kappa shape index (κ1) is 20.9. The van der Waals surface area contributed by atoms with E-state index in [9.17, 15) is 13.2 Å². The molecule has 0 fully saturated rings. The van der Waals surface area contributed by atoms with E-state index < -0.39 is 22.1 Å². The number of rotatable bonds is 5. The molecule has 3 aromatic carbocycles. The number of esters is 1. The highest BCUT2D eigenvalue weighted by Gasteiger charge is 2.30. The highest BCUT2D eigenvalue weighted by molar-refractivity contribution is 7.92. The van der Waals surface area contributed by atoms with Gasteiger partial charge in [0, 0.05) is 13.5 Å². The summed E-state index contributed by atoms with van der Waals surface area (Å²) >= 11 is 0. The summed E-state index contributed by atoms with van der Waals surface area (Å²) in [5, 5.41) is 0. The predicted molar refractivity (Wildman–Crippen MR) is 118 cm³/mol. The van der Waals surface area contributed by atoms with Crippen LogP contribution >= 0.6 is 0 Å². The molecule has 0 amide bonds. The zero-order valence-corrected chi connectivity index (χ0v) is 18.3. The van der Waals surface area contributed by atoms with Gasteiger partial charge in [0.1, 0.15) is 11.5 Å². The van der Waals surface area contributed by atoms with Gasteiger partial charge in [-0.3, -0.25) is 4.31 Å². The van der Waals surface area contributed by atoms with Crippen molar-refractivity contribution in [1.82, 2.24) is 0 Å². The molecule has 0 bridgehead atoms. The molecule has 0 saturated heterocycles. The fourth-order valence-electron chi connectivity index (χ4n) is 3.39. The Kier molecular flexibility index (Phi) is 5.45. The molecule has 160 valence electrons. The first-order chi connectivity index (χ1) is 14.8. The molecule has 31 heavy (non-hydrogen) atoms. The second kappa shape index (κ2) is 8.07. The summed E-state index contributed by atoms with van der Waals surface area (Å²) in [7, 11) is -2.21. The van der Waals surface area contributed by atoms with Gasteiger partial charge in [0.05, 0.1) is 10.6 Å². The minimum Gasteiger partial charge on any atom is -0.478 e. The molecule has 0 spiro atoms. The fourth-order valence-corrected chi connectivity index (χ4v) is 4.67. The number of carbonyl (C=O) groups is 1. The van der Waals surface area contributed by atoms with Gasteiger partial charge in [0.15, 0.2) is 6.10 Å². The Hall–Kier alpha value is -3.32. The third-order valence-corrected chi connectivity index (χ3v) is 7.25. The normalized spacial score (nSPS) is 15.1. The molecule has 1 unspecified atom stereocenters. The van der Waals surface area contributed by atoms with Gasteiger partial charge in [0.2, 0.25) is 0 Å². The van der Waals surface area contributed by atoms with E-state index in [0.29, 0.717) is 23.6 Å². The number of hydrogen-bond donors (Lipinski definition) is 0. The molecule has 1 atom stereocenters. The molecular formula is C24H23NO5S. The van der Waals surface area contributed by atoms with Crippen LogP contribution in [0.3, 0.4) is 0 Å². The number of carbonyl (C=O) groups excluding carboxylic acids is 1. The van der Waals surface area contributed by atoms with Crippen molar-refractivity contribution in [3.63, 3.8) is 0 Å². The van der Waals surface area contributed by atoms with Crippen molar-refractivity contribution >= 4 is 21.7 Å².